The van der Waals surface area contributed by atoms with Gasteiger partial charge in [-0.1, -0.05) is 90.5 Å². The Balaban J connectivity index is 1.54. The molecule has 5 aromatic rings. The molecule has 0 aliphatic carbocycles. The molecule has 0 saturated heterocycles. The predicted octanol–water partition coefficient (Wildman–Crippen LogP) is 7.71. The lowest BCUT2D eigenvalue weighted by Crippen LogP contribution is -2.26. The Labute approximate surface area is 226 Å². The minimum Gasteiger partial charge on any atom is -0.444 e. The second-order valence-corrected chi connectivity index (χ2v) is 9.46. The lowest BCUT2D eigenvalue weighted by atomic mass is 10.0. The average Bonchev–Trinajstić information content (AvgIpc) is 2.93. The van der Waals surface area contributed by atoms with Gasteiger partial charge in [-0.3, -0.25) is 4.79 Å². The van der Waals surface area contributed by atoms with E-state index < -0.39 is 18.0 Å². The van der Waals surface area contributed by atoms with Crippen LogP contribution in [0.5, 0.6) is 0 Å². The largest absolute Gasteiger partial charge is 0.444 e. The summed E-state index contributed by atoms with van der Waals surface area (Å²) in [5, 5.41) is 4.08. The van der Waals surface area contributed by atoms with Gasteiger partial charge in [-0.15, -0.1) is 0 Å². The standard InChI is InChI=1S/C32H25ClN2O3/c1-20-16-17-21(2)28(18-20)35-31(36)30(22-10-4-3-5-11-22)38-32(37)25-19-29(24-13-6-8-14-26(24)33)34-27-15-9-7-12-23(25)27/h3-19,30H,1-2H3,(H,35,36). The molecule has 0 aliphatic heterocycles. The van der Waals surface area contributed by atoms with E-state index in [0.717, 1.165) is 11.1 Å². The van der Waals surface area contributed by atoms with Crippen molar-refractivity contribution in [2.24, 2.45) is 0 Å². The van der Waals surface area contributed by atoms with Crippen LogP contribution in [0.2, 0.25) is 5.02 Å². The van der Waals surface area contributed by atoms with Crippen molar-refractivity contribution in [2.75, 3.05) is 5.32 Å². The summed E-state index contributed by atoms with van der Waals surface area (Å²) in [6.07, 6.45) is -1.17. The quantitative estimate of drug-likeness (QED) is 0.233. The minimum atomic E-state index is -1.17. The van der Waals surface area contributed by atoms with Gasteiger partial charge >= 0.3 is 5.97 Å². The Morgan fingerprint density at radius 3 is 2.34 bits per heavy atom. The van der Waals surface area contributed by atoms with Crippen LogP contribution < -0.4 is 5.32 Å². The Morgan fingerprint density at radius 2 is 1.55 bits per heavy atom. The van der Waals surface area contributed by atoms with E-state index in [1.165, 1.54) is 0 Å². The first-order chi connectivity index (χ1) is 18.4. The topological polar surface area (TPSA) is 68.3 Å². The molecule has 0 fully saturated rings. The molecule has 5 nitrogen and oxygen atoms in total. The number of fused-ring (bicyclic) bond motifs is 1. The van der Waals surface area contributed by atoms with Gasteiger partial charge in [0.1, 0.15) is 0 Å². The van der Waals surface area contributed by atoms with E-state index in [4.69, 9.17) is 21.3 Å². The van der Waals surface area contributed by atoms with Crippen LogP contribution in [0, 0.1) is 13.8 Å². The highest BCUT2D eigenvalue weighted by Crippen LogP contribution is 2.31. The summed E-state index contributed by atoms with van der Waals surface area (Å²) in [6.45, 7) is 3.87. The third-order valence-electron chi connectivity index (χ3n) is 6.30. The van der Waals surface area contributed by atoms with E-state index in [0.29, 0.717) is 44.0 Å². The van der Waals surface area contributed by atoms with Crippen molar-refractivity contribution in [2.45, 2.75) is 20.0 Å². The summed E-state index contributed by atoms with van der Waals surface area (Å²) in [5.41, 5.74) is 5.30. The molecule has 188 valence electrons. The molecule has 1 heterocycles. The van der Waals surface area contributed by atoms with Gasteiger partial charge in [0, 0.05) is 27.2 Å². The molecule has 4 aromatic carbocycles. The van der Waals surface area contributed by atoms with Crippen LogP contribution in [-0.2, 0) is 9.53 Å². The molecule has 0 bridgehead atoms. The number of ether oxygens (including phenoxy) is 1. The fraction of sp³-hybridized carbons (Fsp3) is 0.0938. The van der Waals surface area contributed by atoms with Gasteiger partial charge in [-0.2, -0.15) is 0 Å². The number of carbonyl (C=O) groups excluding carboxylic acids is 2. The van der Waals surface area contributed by atoms with Crippen LogP contribution in [0.3, 0.4) is 0 Å². The zero-order chi connectivity index (χ0) is 26.6. The number of hydrogen-bond acceptors (Lipinski definition) is 4. The second-order valence-electron chi connectivity index (χ2n) is 9.06. The predicted molar refractivity (Wildman–Crippen MR) is 151 cm³/mol. The monoisotopic (exact) mass is 520 g/mol. The molecule has 5 rings (SSSR count). The summed E-state index contributed by atoms with van der Waals surface area (Å²) >= 11 is 6.44. The Hall–Kier alpha value is -4.48. The van der Waals surface area contributed by atoms with E-state index in [1.807, 2.05) is 80.6 Å². The van der Waals surface area contributed by atoms with E-state index in [9.17, 15) is 9.59 Å². The lowest BCUT2D eigenvalue weighted by molar-refractivity contribution is -0.125. The summed E-state index contributed by atoms with van der Waals surface area (Å²) in [6, 6.07) is 31.1. The number of para-hydroxylation sites is 1. The van der Waals surface area contributed by atoms with Gasteiger partial charge in [0.05, 0.1) is 16.8 Å². The van der Waals surface area contributed by atoms with Gasteiger partial charge < -0.3 is 10.1 Å². The first-order valence-corrected chi connectivity index (χ1v) is 12.6. The van der Waals surface area contributed by atoms with Crippen molar-refractivity contribution >= 4 is 40.1 Å². The second kappa shape index (κ2) is 10.9. The summed E-state index contributed by atoms with van der Waals surface area (Å²) in [7, 11) is 0. The number of esters is 1. The highest BCUT2D eigenvalue weighted by molar-refractivity contribution is 6.33. The number of halogens is 1. The van der Waals surface area contributed by atoms with Crippen LogP contribution in [0.25, 0.3) is 22.2 Å². The van der Waals surface area contributed by atoms with Gasteiger partial charge in [-0.05, 0) is 49.2 Å². The zero-order valence-corrected chi connectivity index (χ0v) is 21.7. The van der Waals surface area contributed by atoms with E-state index in [1.54, 1.807) is 36.4 Å². The molecule has 0 aliphatic rings. The number of aryl methyl sites for hydroxylation is 2. The Bertz CT molecular complexity index is 1650. The average molecular weight is 521 g/mol. The third-order valence-corrected chi connectivity index (χ3v) is 6.63. The molecule has 1 amide bonds. The minimum absolute atomic E-state index is 0.297. The highest BCUT2D eigenvalue weighted by atomic mass is 35.5. The lowest BCUT2D eigenvalue weighted by Gasteiger charge is -2.20. The number of nitrogens with zero attached hydrogens (tertiary/aromatic N) is 1. The number of anilines is 1. The fourth-order valence-corrected chi connectivity index (χ4v) is 4.52. The molecule has 1 aromatic heterocycles. The van der Waals surface area contributed by atoms with Gasteiger partial charge in [0.15, 0.2) is 0 Å². The van der Waals surface area contributed by atoms with Crippen LogP contribution in [-0.4, -0.2) is 16.9 Å². The maximum Gasteiger partial charge on any atom is 0.340 e. The molecule has 6 heteroatoms. The molecule has 1 atom stereocenters. The normalized spacial score (nSPS) is 11.7. The van der Waals surface area contributed by atoms with Crippen LogP contribution >= 0.6 is 11.6 Å². The molecular formula is C32H25ClN2O3. The van der Waals surface area contributed by atoms with Crippen molar-refractivity contribution in [3.63, 3.8) is 0 Å². The number of nitrogens with one attached hydrogen (secondary N) is 1. The van der Waals surface area contributed by atoms with E-state index >= 15 is 0 Å². The SMILES string of the molecule is Cc1ccc(C)c(NC(=O)C(OC(=O)c2cc(-c3ccccc3Cl)nc3ccccc23)c2ccccc2)c1. The number of amides is 1. The number of pyridine rings is 1. The Kier molecular flexibility index (Phi) is 7.20. The summed E-state index contributed by atoms with van der Waals surface area (Å²) < 4.78 is 5.94. The van der Waals surface area contributed by atoms with Crippen LogP contribution in [0.15, 0.2) is 103 Å². The summed E-state index contributed by atoms with van der Waals surface area (Å²) in [5.74, 6) is -1.08. The number of rotatable bonds is 6. The first kappa shape index (κ1) is 25.2. The Morgan fingerprint density at radius 1 is 0.842 bits per heavy atom. The number of aromatic nitrogens is 1. The van der Waals surface area contributed by atoms with Crippen molar-refractivity contribution < 1.29 is 14.3 Å². The number of hydrogen-bond donors (Lipinski definition) is 1. The van der Waals surface area contributed by atoms with Crippen LogP contribution in [0.1, 0.15) is 33.2 Å². The van der Waals surface area contributed by atoms with Gasteiger partial charge in [-0.25, -0.2) is 9.78 Å². The van der Waals surface area contributed by atoms with Crippen molar-refractivity contribution in [3.05, 3.63) is 130 Å². The number of carbonyl (C=O) groups is 2. The molecule has 1 N–H and O–H groups in total. The van der Waals surface area contributed by atoms with Gasteiger partial charge in [0.2, 0.25) is 6.10 Å². The zero-order valence-electron chi connectivity index (χ0n) is 20.9. The highest BCUT2D eigenvalue weighted by Gasteiger charge is 2.27. The molecule has 0 spiro atoms. The molecule has 38 heavy (non-hydrogen) atoms. The smallest absolute Gasteiger partial charge is 0.340 e. The summed E-state index contributed by atoms with van der Waals surface area (Å²) in [4.78, 5) is 32.0. The van der Waals surface area contributed by atoms with Gasteiger partial charge in [0.25, 0.3) is 5.91 Å². The maximum absolute atomic E-state index is 13.7. The third kappa shape index (κ3) is 5.29. The molecule has 0 saturated carbocycles. The van der Waals surface area contributed by atoms with Crippen molar-refractivity contribution in [3.8, 4) is 11.3 Å². The number of benzene rings is 4. The van der Waals surface area contributed by atoms with Crippen molar-refractivity contribution in [1.82, 2.24) is 4.98 Å². The van der Waals surface area contributed by atoms with E-state index in [-0.39, 0.29) is 0 Å². The van der Waals surface area contributed by atoms with Crippen molar-refractivity contribution in [1.29, 1.82) is 0 Å². The molecule has 1 unspecified atom stereocenters. The molecule has 0 radical (unpaired) electrons. The first-order valence-electron chi connectivity index (χ1n) is 12.2. The molecular weight excluding hydrogens is 496 g/mol. The van der Waals surface area contributed by atoms with E-state index in [2.05, 4.69) is 5.32 Å². The van der Waals surface area contributed by atoms with Crippen LogP contribution in [0.4, 0.5) is 5.69 Å². The maximum atomic E-state index is 13.7. The fourth-order valence-electron chi connectivity index (χ4n) is 4.29.